The molecule has 1 saturated carbocycles. The Hall–Kier alpha value is -3.54. The lowest BCUT2D eigenvalue weighted by Crippen LogP contribution is -2.24. The van der Waals surface area contributed by atoms with Crippen LogP contribution in [0.5, 0.6) is 11.5 Å². The summed E-state index contributed by atoms with van der Waals surface area (Å²) >= 11 is 0. The predicted octanol–water partition coefficient (Wildman–Crippen LogP) is 6.48. The second kappa shape index (κ2) is 10.6. The van der Waals surface area contributed by atoms with Crippen molar-refractivity contribution in [1.29, 1.82) is 0 Å². The van der Waals surface area contributed by atoms with Crippen LogP contribution in [0.1, 0.15) is 43.4 Å². The van der Waals surface area contributed by atoms with Crippen molar-refractivity contribution in [3.63, 3.8) is 0 Å². The quantitative estimate of drug-likeness (QED) is 0.438. The van der Waals surface area contributed by atoms with E-state index in [2.05, 4.69) is 5.32 Å². The van der Waals surface area contributed by atoms with E-state index in [9.17, 15) is 9.18 Å². The molecule has 0 radical (unpaired) electrons. The average molecular weight is 464 g/mol. The molecule has 5 nitrogen and oxygen atoms in total. The Balaban J connectivity index is 0.000000846. The highest BCUT2D eigenvalue weighted by atomic mass is 19.1. The van der Waals surface area contributed by atoms with E-state index in [0.29, 0.717) is 24.3 Å². The third-order valence-electron chi connectivity index (χ3n) is 5.89. The number of halogens is 1. The highest BCUT2D eigenvalue weighted by Crippen LogP contribution is 2.36. The molecule has 0 amide bonds. The van der Waals surface area contributed by atoms with Crippen molar-refractivity contribution >= 4 is 11.7 Å². The number of benzene rings is 3. The second-order valence-corrected chi connectivity index (χ2v) is 8.81. The van der Waals surface area contributed by atoms with E-state index in [1.807, 2.05) is 42.5 Å². The number of carboxylic acids is 1. The lowest BCUT2D eigenvalue weighted by atomic mass is 9.98. The summed E-state index contributed by atoms with van der Waals surface area (Å²) in [5.74, 6) is -0.217. The maximum absolute atomic E-state index is 14.3. The van der Waals surface area contributed by atoms with Crippen molar-refractivity contribution in [2.75, 3.05) is 19.0 Å². The molecular formula is C28H30FNO4. The SMILES string of the molecule is C1CC1.COc1ccc(F)c(-c2ccc(C3COc4ccc(CC(C)C(=O)O)cc4N3)cc2)c1. The Morgan fingerprint density at radius 3 is 2.50 bits per heavy atom. The summed E-state index contributed by atoms with van der Waals surface area (Å²) in [5.41, 5.74) is 4.05. The molecular weight excluding hydrogens is 433 g/mol. The topological polar surface area (TPSA) is 67.8 Å². The largest absolute Gasteiger partial charge is 0.497 e. The molecule has 0 aromatic heterocycles. The molecule has 1 aliphatic heterocycles. The first-order valence-corrected chi connectivity index (χ1v) is 11.6. The highest BCUT2D eigenvalue weighted by molar-refractivity contribution is 5.70. The molecule has 1 heterocycles. The minimum atomic E-state index is -0.813. The zero-order valence-corrected chi connectivity index (χ0v) is 19.5. The zero-order valence-electron chi connectivity index (χ0n) is 19.5. The first-order valence-electron chi connectivity index (χ1n) is 11.6. The molecule has 3 aromatic carbocycles. The molecule has 1 aliphatic carbocycles. The maximum atomic E-state index is 14.3. The molecule has 6 heteroatoms. The molecule has 178 valence electrons. The summed E-state index contributed by atoms with van der Waals surface area (Å²) < 4.78 is 25.4. The Morgan fingerprint density at radius 1 is 1.12 bits per heavy atom. The fraction of sp³-hybridized carbons (Fsp3) is 0.321. The molecule has 0 spiro atoms. The van der Waals surface area contributed by atoms with E-state index >= 15 is 0 Å². The number of hydrogen-bond donors (Lipinski definition) is 2. The maximum Gasteiger partial charge on any atom is 0.306 e. The number of carbonyl (C=O) groups is 1. The number of hydrogen-bond acceptors (Lipinski definition) is 4. The van der Waals surface area contributed by atoms with Gasteiger partial charge in [0, 0.05) is 5.56 Å². The first-order chi connectivity index (χ1) is 16.4. The summed E-state index contributed by atoms with van der Waals surface area (Å²) in [7, 11) is 1.56. The number of carboxylic acid groups (broad SMARTS) is 1. The monoisotopic (exact) mass is 463 g/mol. The molecule has 2 N–H and O–H groups in total. The van der Waals surface area contributed by atoms with E-state index in [1.54, 1.807) is 26.2 Å². The van der Waals surface area contributed by atoms with Crippen molar-refractivity contribution in [3.8, 4) is 22.6 Å². The highest BCUT2D eigenvalue weighted by Gasteiger charge is 2.22. The van der Waals surface area contributed by atoms with Crippen LogP contribution in [-0.2, 0) is 11.2 Å². The smallest absolute Gasteiger partial charge is 0.306 e. The molecule has 0 saturated heterocycles. The zero-order chi connectivity index (χ0) is 24.1. The standard InChI is InChI=1S/C25H24FNO4.C3H6/c1-15(25(28)29)11-16-3-10-24-22(12-16)27-23(14-31-24)18-6-4-17(5-7-18)20-13-19(30-2)8-9-21(20)26;1-2-3-1/h3-10,12-13,15,23,27H,11,14H2,1-2H3,(H,28,29);1-3H2. The van der Waals surface area contributed by atoms with Gasteiger partial charge in [0.25, 0.3) is 0 Å². The van der Waals surface area contributed by atoms with Gasteiger partial charge in [0.1, 0.15) is 23.9 Å². The number of fused-ring (bicyclic) bond motifs is 1. The normalized spacial score (nSPS) is 16.6. The second-order valence-electron chi connectivity index (χ2n) is 8.81. The van der Waals surface area contributed by atoms with E-state index in [-0.39, 0.29) is 11.9 Å². The van der Waals surface area contributed by atoms with Crippen LogP contribution in [-0.4, -0.2) is 24.8 Å². The van der Waals surface area contributed by atoms with Crippen LogP contribution in [0.4, 0.5) is 10.1 Å². The van der Waals surface area contributed by atoms with Gasteiger partial charge in [-0.15, -0.1) is 0 Å². The van der Waals surface area contributed by atoms with Crippen molar-refractivity contribution < 1.29 is 23.8 Å². The fourth-order valence-electron chi connectivity index (χ4n) is 3.71. The number of anilines is 1. The summed E-state index contributed by atoms with van der Waals surface area (Å²) in [4.78, 5) is 11.1. The Morgan fingerprint density at radius 2 is 1.85 bits per heavy atom. The van der Waals surface area contributed by atoms with Crippen molar-refractivity contribution in [2.45, 2.75) is 38.6 Å². The van der Waals surface area contributed by atoms with Gasteiger partial charge in [-0.2, -0.15) is 0 Å². The van der Waals surface area contributed by atoms with Crippen LogP contribution < -0.4 is 14.8 Å². The molecule has 34 heavy (non-hydrogen) atoms. The molecule has 2 atom stereocenters. The Labute approximate surface area is 199 Å². The van der Waals surface area contributed by atoms with Crippen molar-refractivity contribution in [2.24, 2.45) is 5.92 Å². The Kier molecular flexibility index (Phi) is 7.36. The van der Waals surface area contributed by atoms with Gasteiger partial charge in [-0.3, -0.25) is 4.79 Å². The van der Waals surface area contributed by atoms with Gasteiger partial charge in [0.2, 0.25) is 0 Å². The van der Waals surface area contributed by atoms with Crippen molar-refractivity contribution in [3.05, 3.63) is 77.6 Å². The van der Waals surface area contributed by atoms with Gasteiger partial charge in [0.05, 0.1) is 24.8 Å². The number of ether oxygens (including phenoxy) is 2. The lowest BCUT2D eigenvalue weighted by molar-refractivity contribution is -0.141. The summed E-state index contributed by atoms with van der Waals surface area (Å²) in [5, 5.41) is 12.6. The van der Waals surface area contributed by atoms with Crippen LogP contribution in [0, 0.1) is 11.7 Å². The van der Waals surface area contributed by atoms with E-state index < -0.39 is 11.9 Å². The van der Waals surface area contributed by atoms with E-state index in [1.165, 1.54) is 25.3 Å². The van der Waals surface area contributed by atoms with Crippen molar-refractivity contribution in [1.82, 2.24) is 0 Å². The third-order valence-corrected chi connectivity index (χ3v) is 5.89. The van der Waals surface area contributed by atoms with Crippen LogP contribution in [0.25, 0.3) is 11.1 Å². The molecule has 2 aliphatic rings. The number of rotatable bonds is 6. The van der Waals surface area contributed by atoms with Gasteiger partial charge >= 0.3 is 5.97 Å². The van der Waals surface area contributed by atoms with Gasteiger partial charge in [-0.1, -0.05) is 56.5 Å². The van der Waals surface area contributed by atoms with E-state index in [4.69, 9.17) is 14.6 Å². The van der Waals surface area contributed by atoms with Crippen LogP contribution >= 0.6 is 0 Å². The first kappa shape index (κ1) is 23.6. The lowest BCUT2D eigenvalue weighted by Gasteiger charge is -2.28. The number of aliphatic carboxylic acids is 1. The Bertz CT molecular complexity index is 1140. The molecule has 1 fully saturated rings. The average Bonchev–Trinajstić information content (AvgIpc) is 3.74. The van der Waals surface area contributed by atoms with Crippen LogP contribution in [0.3, 0.4) is 0 Å². The summed E-state index contributed by atoms with van der Waals surface area (Å²) in [6.07, 6.45) is 4.95. The number of methoxy groups -OCH3 is 1. The van der Waals surface area contributed by atoms with Crippen LogP contribution in [0.2, 0.25) is 0 Å². The molecule has 5 rings (SSSR count). The van der Waals surface area contributed by atoms with E-state index in [0.717, 1.165) is 28.1 Å². The van der Waals surface area contributed by atoms with Gasteiger partial charge in [-0.05, 0) is 53.4 Å². The summed E-state index contributed by atoms with van der Waals surface area (Å²) in [6, 6.07) is 18.0. The third kappa shape index (κ3) is 5.87. The summed E-state index contributed by atoms with van der Waals surface area (Å²) in [6.45, 7) is 2.16. The minimum Gasteiger partial charge on any atom is -0.497 e. The fourth-order valence-corrected chi connectivity index (χ4v) is 3.71. The van der Waals surface area contributed by atoms with Gasteiger partial charge < -0.3 is 19.9 Å². The number of nitrogens with one attached hydrogen (secondary N) is 1. The molecule has 0 bridgehead atoms. The molecule has 2 unspecified atom stereocenters. The van der Waals surface area contributed by atoms with Gasteiger partial charge in [0.15, 0.2) is 0 Å². The van der Waals surface area contributed by atoms with Crippen LogP contribution in [0.15, 0.2) is 60.7 Å². The van der Waals surface area contributed by atoms with Gasteiger partial charge in [-0.25, -0.2) is 4.39 Å². The minimum absolute atomic E-state index is 0.0659. The predicted molar refractivity (Wildman–Crippen MR) is 131 cm³/mol. The molecule has 3 aromatic rings.